The molecule has 0 saturated heterocycles. The van der Waals surface area contributed by atoms with Gasteiger partial charge in [0, 0.05) is 5.69 Å². The van der Waals surface area contributed by atoms with E-state index < -0.39 is 17.9 Å². The fourth-order valence-corrected chi connectivity index (χ4v) is 2.19. The fourth-order valence-electron chi connectivity index (χ4n) is 2.19. The van der Waals surface area contributed by atoms with Gasteiger partial charge in [0.2, 0.25) is 5.91 Å². The molecule has 3 N–H and O–H groups in total. The quantitative estimate of drug-likeness (QED) is 0.792. The van der Waals surface area contributed by atoms with E-state index in [4.69, 9.17) is 10.5 Å². The lowest BCUT2D eigenvalue weighted by molar-refractivity contribution is -0.146. The molecule has 0 bridgehead atoms. The largest absolute Gasteiger partial charge is 0.461 e. The number of amides is 1. The third-order valence-electron chi connectivity index (χ3n) is 3.32. The number of carbonyl (C=O) groups is 2. The Morgan fingerprint density at radius 1 is 1.21 bits per heavy atom. The average molecular weight is 327 g/mol. The van der Waals surface area contributed by atoms with Crippen molar-refractivity contribution in [2.75, 3.05) is 5.32 Å². The Kier molecular flexibility index (Phi) is 6.03. The van der Waals surface area contributed by atoms with Crippen LogP contribution in [0.25, 0.3) is 0 Å². The molecule has 1 heterocycles. The van der Waals surface area contributed by atoms with Gasteiger partial charge in [-0.15, -0.1) is 0 Å². The van der Waals surface area contributed by atoms with Crippen molar-refractivity contribution >= 4 is 17.7 Å². The predicted octanol–water partition coefficient (Wildman–Crippen LogP) is 2.10. The number of anilines is 1. The van der Waals surface area contributed by atoms with E-state index in [1.54, 1.807) is 6.07 Å². The zero-order valence-electron chi connectivity index (χ0n) is 13.8. The van der Waals surface area contributed by atoms with Crippen LogP contribution in [0.15, 0.2) is 42.5 Å². The molecule has 1 amide bonds. The summed E-state index contributed by atoms with van der Waals surface area (Å²) in [6, 6.07) is 12.0. The molecule has 6 heteroatoms. The number of nitrogens with zero attached hydrogens (tertiary/aromatic N) is 1. The summed E-state index contributed by atoms with van der Waals surface area (Å²) in [7, 11) is 0. The van der Waals surface area contributed by atoms with Gasteiger partial charge < -0.3 is 15.8 Å². The molecular weight excluding hydrogens is 306 g/mol. The first kappa shape index (κ1) is 17.6. The van der Waals surface area contributed by atoms with Gasteiger partial charge in [-0.1, -0.05) is 30.3 Å². The summed E-state index contributed by atoms with van der Waals surface area (Å²) < 4.78 is 5.12. The number of nitrogens with two attached hydrogens (primary N) is 1. The minimum absolute atomic E-state index is 0.159. The maximum absolute atomic E-state index is 12.1. The molecule has 2 rings (SSSR count). The van der Waals surface area contributed by atoms with Gasteiger partial charge in [-0.25, -0.2) is 4.98 Å². The topological polar surface area (TPSA) is 94.3 Å². The van der Waals surface area contributed by atoms with Gasteiger partial charge in [0.15, 0.2) is 0 Å². The van der Waals surface area contributed by atoms with Gasteiger partial charge in [-0.3, -0.25) is 9.59 Å². The van der Waals surface area contributed by atoms with E-state index in [-0.39, 0.29) is 13.0 Å². The van der Waals surface area contributed by atoms with Crippen LogP contribution in [0.5, 0.6) is 0 Å². The minimum atomic E-state index is -0.990. The molecule has 0 aliphatic carbocycles. The van der Waals surface area contributed by atoms with E-state index in [9.17, 15) is 9.59 Å². The van der Waals surface area contributed by atoms with E-state index in [1.807, 2.05) is 50.2 Å². The summed E-state index contributed by atoms with van der Waals surface area (Å²) in [4.78, 5) is 28.1. The van der Waals surface area contributed by atoms with E-state index in [2.05, 4.69) is 10.3 Å². The molecule has 0 unspecified atom stereocenters. The first-order chi connectivity index (χ1) is 11.4. The second kappa shape index (κ2) is 8.21. The molecule has 1 aromatic heterocycles. The molecule has 126 valence electrons. The lowest BCUT2D eigenvalue weighted by atomic mass is 10.2. The first-order valence-corrected chi connectivity index (χ1v) is 7.65. The molecule has 2 aromatic rings. The monoisotopic (exact) mass is 327 g/mol. The van der Waals surface area contributed by atoms with Crippen LogP contribution in [0.4, 0.5) is 5.82 Å². The Labute approximate surface area is 141 Å². The third-order valence-corrected chi connectivity index (χ3v) is 3.32. The van der Waals surface area contributed by atoms with Gasteiger partial charge in [0.1, 0.15) is 12.4 Å². The van der Waals surface area contributed by atoms with E-state index in [1.165, 1.54) is 0 Å². The van der Waals surface area contributed by atoms with Crippen LogP contribution < -0.4 is 11.1 Å². The fraction of sp³-hybridized carbons (Fsp3) is 0.278. The van der Waals surface area contributed by atoms with Crippen molar-refractivity contribution in [1.29, 1.82) is 0 Å². The molecule has 0 fully saturated rings. The number of aromatic nitrogens is 1. The molecule has 24 heavy (non-hydrogen) atoms. The van der Waals surface area contributed by atoms with Crippen LogP contribution in [0, 0.1) is 13.8 Å². The Balaban J connectivity index is 1.83. The Hall–Kier alpha value is -2.73. The minimum Gasteiger partial charge on any atom is -0.461 e. The van der Waals surface area contributed by atoms with Crippen LogP contribution in [-0.4, -0.2) is 22.9 Å². The zero-order chi connectivity index (χ0) is 17.5. The number of esters is 1. The summed E-state index contributed by atoms with van der Waals surface area (Å²) in [5, 5.41) is 2.62. The number of benzene rings is 1. The number of hydrogen-bond donors (Lipinski definition) is 2. The Morgan fingerprint density at radius 3 is 2.58 bits per heavy atom. The summed E-state index contributed by atoms with van der Waals surface area (Å²) in [5.74, 6) is -0.565. The highest BCUT2D eigenvalue weighted by Crippen LogP contribution is 2.10. The molecule has 0 radical (unpaired) electrons. The van der Waals surface area contributed by atoms with E-state index in [0.29, 0.717) is 5.82 Å². The summed E-state index contributed by atoms with van der Waals surface area (Å²) >= 11 is 0. The standard InChI is InChI=1S/C18H21N3O3/c1-12-8-13(2)20-16(9-12)21-18(23)15(19)10-17(22)24-11-14-6-4-3-5-7-14/h3-9,15H,10-11,19H2,1-2H3,(H,20,21,23)/t15-/m0/s1. The normalized spacial score (nSPS) is 11.6. The summed E-state index contributed by atoms with van der Waals surface area (Å²) in [6.45, 7) is 3.90. The average Bonchev–Trinajstić information content (AvgIpc) is 2.53. The number of pyridine rings is 1. The van der Waals surface area contributed by atoms with Crippen molar-refractivity contribution in [3.63, 3.8) is 0 Å². The lowest BCUT2D eigenvalue weighted by Gasteiger charge is -2.12. The van der Waals surface area contributed by atoms with Crippen molar-refractivity contribution < 1.29 is 14.3 Å². The maximum Gasteiger partial charge on any atom is 0.308 e. The number of aryl methyl sites for hydroxylation is 2. The Bertz CT molecular complexity index is 696. The van der Waals surface area contributed by atoms with Gasteiger partial charge in [-0.05, 0) is 37.1 Å². The Morgan fingerprint density at radius 2 is 1.92 bits per heavy atom. The number of ether oxygens (including phenoxy) is 1. The van der Waals surface area contributed by atoms with Crippen LogP contribution in [0.1, 0.15) is 23.2 Å². The predicted molar refractivity (Wildman–Crippen MR) is 91.2 cm³/mol. The molecule has 1 aromatic carbocycles. The third kappa shape index (κ3) is 5.48. The van der Waals surface area contributed by atoms with E-state index in [0.717, 1.165) is 16.8 Å². The molecule has 0 aliphatic heterocycles. The van der Waals surface area contributed by atoms with Crippen LogP contribution in [-0.2, 0) is 20.9 Å². The highest BCUT2D eigenvalue weighted by molar-refractivity contribution is 5.96. The van der Waals surface area contributed by atoms with Gasteiger partial charge in [-0.2, -0.15) is 0 Å². The van der Waals surface area contributed by atoms with Crippen molar-refractivity contribution in [2.45, 2.75) is 32.9 Å². The van der Waals surface area contributed by atoms with Crippen LogP contribution in [0.2, 0.25) is 0 Å². The highest BCUT2D eigenvalue weighted by Gasteiger charge is 2.19. The smallest absolute Gasteiger partial charge is 0.308 e. The molecule has 0 spiro atoms. The second-order valence-electron chi connectivity index (χ2n) is 5.62. The van der Waals surface area contributed by atoms with Crippen molar-refractivity contribution in [3.8, 4) is 0 Å². The van der Waals surface area contributed by atoms with Crippen LogP contribution in [0.3, 0.4) is 0 Å². The summed E-state index contributed by atoms with van der Waals surface area (Å²) in [6.07, 6.45) is -0.191. The lowest BCUT2D eigenvalue weighted by Crippen LogP contribution is -2.38. The van der Waals surface area contributed by atoms with Gasteiger partial charge in [0.25, 0.3) is 0 Å². The van der Waals surface area contributed by atoms with Crippen molar-refractivity contribution in [3.05, 3.63) is 59.3 Å². The number of rotatable bonds is 6. The van der Waals surface area contributed by atoms with E-state index >= 15 is 0 Å². The second-order valence-corrected chi connectivity index (χ2v) is 5.62. The number of nitrogens with one attached hydrogen (secondary N) is 1. The molecular formula is C18H21N3O3. The number of hydrogen-bond acceptors (Lipinski definition) is 5. The zero-order valence-corrected chi connectivity index (χ0v) is 13.8. The highest BCUT2D eigenvalue weighted by atomic mass is 16.5. The van der Waals surface area contributed by atoms with Crippen molar-refractivity contribution in [1.82, 2.24) is 4.98 Å². The molecule has 0 saturated carbocycles. The van der Waals surface area contributed by atoms with Gasteiger partial charge in [0.05, 0.1) is 12.5 Å². The maximum atomic E-state index is 12.1. The first-order valence-electron chi connectivity index (χ1n) is 7.65. The number of carbonyl (C=O) groups excluding carboxylic acids is 2. The molecule has 1 atom stereocenters. The van der Waals surface area contributed by atoms with Crippen LogP contribution >= 0.6 is 0 Å². The van der Waals surface area contributed by atoms with Gasteiger partial charge >= 0.3 is 5.97 Å². The molecule has 0 aliphatic rings. The molecule has 6 nitrogen and oxygen atoms in total. The SMILES string of the molecule is Cc1cc(C)nc(NC(=O)[C@@H](N)CC(=O)OCc2ccccc2)c1. The van der Waals surface area contributed by atoms with Crippen molar-refractivity contribution in [2.24, 2.45) is 5.73 Å². The summed E-state index contributed by atoms with van der Waals surface area (Å²) in [5.41, 5.74) is 8.42.